The second kappa shape index (κ2) is 5.67. The third-order valence-corrected chi connectivity index (χ3v) is 4.26. The van der Waals surface area contributed by atoms with Crippen molar-refractivity contribution in [2.75, 3.05) is 5.73 Å². The molecule has 0 spiro atoms. The van der Waals surface area contributed by atoms with Gasteiger partial charge >= 0.3 is 0 Å². The molecule has 0 atom stereocenters. The molecular formula is C14H8BrCl2N3O. The van der Waals surface area contributed by atoms with Gasteiger partial charge in [-0.05, 0) is 34.1 Å². The summed E-state index contributed by atoms with van der Waals surface area (Å²) in [7, 11) is 0. The summed E-state index contributed by atoms with van der Waals surface area (Å²) in [6.45, 7) is 0. The summed E-state index contributed by atoms with van der Waals surface area (Å²) in [5.41, 5.74) is 6.40. The number of nitrogens with zero attached hydrogens (tertiary/aromatic N) is 2. The summed E-state index contributed by atoms with van der Waals surface area (Å²) >= 11 is 15.5. The number of halogens is 3. The van der Waals surface area contributed by atoms with Crippen molar-refractivity contribution in [1.82, 2.24) is 9.97 Å². The summed E-state index contributed by atoms with van der Waals surface area (Å²) in [5, 5.41) is 1.63. The van der Waals surface area contributed by atoms with Crippen molar-refractivity contribution in [3.63, 3.8) is 0 Å². The monoisotopic (exact) mass is 383 g/mol. The fourth-order valence-electron chi connectivity index (χ4n) is 1.83. The number of hydrogen-bond acceptors (Lipinski definition) is 4. The molecule has 106 valence electrons. The number of fused-ring (bicyclic) bond motifs is 1. The van der Waals surface area contributed by atoms with Gasteiger partial charge in [-0.3, -0.25) is 0 Å². The van der Waals surface area contributed by atoms with Crippen molar-refractivity contribution < 1.29 is 4.74 Å². The zero-order valence-electron chi connectivity index (χ0n) is 10.5. The molecule has 0 aliphatic rings. The second-order valence-corrected chi connectivity index (χ2v) is 5.87. The van der Waals surface area contributed by atoms with Crippen molar-refractivity contribution in [3.8, 4) is 11.6 Å². The minimum absolute atomic E-state index is 0.128. The van der Waals surface area contributed by atoms with Gasteiger partial charge in [0.1, 0.15) is 5.75 Å². The molecule has 0 bridgehead atoms. The zero-order chi connectivity index (χ0) is 15.0. The Morgan fingerprint density at radius 1 is 1.05 bits per heavy atom. The molecule has 1 heterocycles. The van der Waals surface area contributed by atoms with Crippen LogP contribution < -0.4 is 10.5 Å². The average Bonchev–Trinajstić information content (AvgIpc) is 2.44. The van der Waals surface area contributed by atoms with Crippen molar-refractivity contribution in [1.29, 1.82) is 0 Å². The Bertz CT molecular complexity index is 842. The summed E-state index contributed by atoms with van der Waals surface area (Å²) in [5.74, 6) is 0.856. The van der Waals surface area contributed by atoms with E-state index >= 15 is 0 Å². The van der Waals surface area contributed by atoms with Crippen LogP contribution in [0.4, 0.5) is 5.95 Å². The van der Waals surface area contributed by atoms with E-state index in [9.17, 15) is 0 Å². The number of hydrogen-bond donors (Lipinski definition) is 1. The molecule has 2 N–H and O–H groups in total. The number of para-hydroxylation sites is 1. The highest BCUT2D eigenvalue weighted by Crippen LogP contribution is 2.37. The van der Waals surface area contributed by atoms with Crippen LogP contribution in [0.3, 0.4) is 0 Å². The number of nitrogens with two attached hydrogens (primary N) is 1. The molecule has 3 aromatic rings. The molecule has 0 unspecified atom stereocenters. The molecular weight excluding hydrogens is 377 g/mol. The predicted molar refractivity (Wildman–Crippen MR) is 88.2 cm³/mol. The lowest BCUT2D eigenvalue weighted by atomic mass is 10.2. The van der Waals surface area contributed by atoms with Gasteiger partial charge in [-0.25, -0.2) is 4.98 Å². The first-order valence-corrected chi connectivity index (χ1v) is 7.44. The Balaban J connectivity index is 2.12. The molecule has 4 nitrogen and oxygen atoms in total. The summed E-state index contributed by atoms with van der Waals surface area (Å²) < 4.78 is 6.46. The minimum Gasteiger partial charge on any atom is -0.437 e. The molecule has 7 heteroatoms. The maximum Gasteiger partial charge on any atom is 0.232 e. The van der Waals surface area contributed by atoms with Gasteiger partial charge in [-0.15, -0.1) is 0 Å². The van der Waals surface area contributed by atoms with E-state index in [1.54, 1.807) is 12.1 Å². The van der Waals surface area contributed by atoms with E-state index in [0.717, 1.165) is 5.39 Å². The van der Waals surface area contributed by atoms with Crippen molar-refractivity contribution in [3.05, 3.63) is 50.9 Å². The maximum atomic E-state index is 6.15. The summed E-state index contributed by atoms with van der Waals surface area (Å²) in [6, 6.07) is 10.7. The van der Waals surface area contributed by atoms with Crippen LogP contribution in [0, 0.1) is 0 Å². The molecule has 0 saturated carbocycles. The first-order chi connectivity index (χ1) is 10.0. The number of nitrogen functional groups attached to an aromatic ring is 1. The largest absolute Gasteiger partial charge is 0.437 e. The van der Waals surface area contributed by atoms with E-state index in [1.165, 1.54) is 0 Å². The Kier molecular flexibility index (Phi) is 3.89. The van der Waals surface area contributed by atoms with Gasteiger partial charge < -0.3 is 10.5 Å². The lowest BCUT2D eigenvalue weighted by molar-refractivity contribution is 0.469. The molecule has 1 aromatic heterocycles. The van der Waals surface area contributed by atoms with Crippen LogP contribution in [-0.4, -0.2) is 9.97 Å². The van der Waals surface area contributed by atoms with Gasteiger partial charge in [-0.2, -0.15) is 4.98 Å². The highest BCUT2D eigenvalue weighted by atomic mass is 79.9. The lowest BCUT2D eigenvalue weighted by Gasteiger charge is -2.10. The summed E-state index contributed by atoms with van der Waals surface area (Å²) in [4.78, 5) is 8.27. The van der Waals surface area contributed by atoms with Crippen molar-refractivity contribution >= 4 is 56.0 Å². The summed E-state index contributed by atoms with van der Waals surface area (Å²) in [6.07, 6.45) is 0. The van der Waals surface area contributed by atoms with E-state index in [4.69, 9.17) is 33.7 Å². The van der Waals surface area contributed by atoms with E-state index in [1.807, 2.05) is 24.3 Å². The molecule has 0 aliphatic carbocycles. The zero-order valence-corrected chi connectivity index (χ0v) is 13.6. The Hall–Kier alpha value is -1.56. The van der Waals surface area contributed by atoms with Crippen LogP contribution in [0.5, 0.6) is 11.6 Å². The molecule has 0 aliphatic heterocycles. The van der Waals surface area contributed by atoms with Gasteiger partial charge in [0, 0.05) is 10.5 Å². The van der Waals surface area contributed by atoms with Crippen LogP contribution in [0.2, 0.25) is 10.0 Å². The third-order valence-electron chi connectivity index (χ3n) is 2.77. The Labute approximate surface area is 139 Å². The molecule has 0 amide bonds. The highest BCUT2D eigenvalue weighted by Gasteiger charge is 2.12. The normalized spacial score (nSPS) is 10.8. The number of aromatic nitrogens is 2. The minimum atomic E-state index is 0.128. The first kappa shape index (κ1) is 14.4. The molecule has 0 saturated heterocycles. The van der Waals surface area contributed by atoms with Crippen molar-refractivity contribution in [2.45, 2.75) is 0 Å². The third kappa shape index (κ3) is 2.90. The Morgan fingerprint density at radius 2 is 1.81 bits per heavy atom. The molecule has 2 aromatic carbocycles. The number of anilines is 1. The number of benzene rings is 2. The quantitative estimate of drug-likeness (QED) is 0.626. The Morgan fingerprint density at radius 3 is 2.62 bits per heavy atom. The van der Waals surface area contributed by atoms with Gasteiger partial charge in [-0.1, -0.05) is 35.3 Å². The van der Waals surface area contributed by atoms with E-state index in [0.29, 0.717) is 31.7 Å². The molecule has 0 fully saturated rings. The van der Waals surface area contributed by atoms with Crippen molar-refractivity contribution in [2.24, 2.45) is 0 Å². The van der Waals surface area contributed by atoms with Gasteiger partial charge in [0.05, 0.1) is 20.9 Å². The first-order valence-electron chi connectivity index (χ1n) is 5.89. The maximum absolute atomic E-state index is 6.15. The van der Waals surface area contributed by atoms with Crippen LogP contribution >= 0.6 is 39.1 Å². The van der Waals surface area contributed by atoms with Crippen LogP contribution in [0.1, 0.15) is 0 Å². The number of rotatable bonds is 2. The van der Waals surface area contributed by atoms with E-state index < -0.39 is 0 Å². The van der Waals surface area contributed by atoms with Gasteiger partial charge in [0.25, 0.3) is 0 Å². The fraction of sp³-hybridized carbons (Fsp3) is 0. The number of ether oxygens (including phenoxy) is 1. The lowest BCUT2D eigenvalue weighted by Crippen LogP contribution is -1.98. The molecule has 0 radical (unpaired) electrons. The van der Waals surface area contributed by atoms with Crippen LogP contribution in [0.15, 0.2) is 40.9 Å². The van der Waals surface area contributed by atoms with Gasteiger partial charge in [0.15, 0.2) is 0 Å². The predicted octanol–water partition coefficient (Wildman–Crippen LogP) is 5.07. The topological polar surface area (TPSA) is 61.0 Å². The van der Waals surface area contributed by atoms with Crippen LogP contribution in [0.25, 0.3) is 10.9 Å². The average molecular weight is 385 g/mol. The molecule has 3 rings (SSSR count). The van der Waals surface area contributed by atoms with E-state index in [-0.39, 0.29) is 5.95 Å². The van der Waals surface area contributed by atoms with E-state index in [2.05, 4.69) is 25.9 Å². The SMILES string of the molecule is Nc1nc(Oc2cc(Cl)c(Br)cc2Cl)c2ccccc2n1. The highest BCUT2D eigenvalue weighted by molar-refractivity contribution is 9.10. The smallest absolute Gasteiger partial charge is 0.232 e. The standard InChI is InChI=1S/C14H8BrCl2N3O/c15-8-5-10(17)12(6-9(8)16)21-13-7-3-1-2-4-11(7)19-14(18)20-13/h1-6H,(H2,18,19,20). The van der Waals surface area contributed by atoms with Gasteiger partial charge in [0.2, 0.25) is 11.8 Å². The second-order valence-electron chi connectivity index (χ2n) is 4.20. The van der Waals surface area contributed by atoms with Crippen LogP contribution in [-0.2, 0) is 0 Å². The fourth-order valence-corrected chi connectivity index (χ4v) is 2.66. The molecule has 21 heavy (non-hydrogen) atoms.